The van der Waals surface area contributed by atoms with E-state index in [2.05, 4.69) is 20.5 Å². The molecule has 150 valence electrons. The Morgan fingerprint density at radius 3 is 2.62 bits per heavy atom. The van der Waals surface area contributed by atoms with E-state index in [0.717, 1.165) is 16.8 Å². The number of nitrogens with one attached hydrogen (secondary N) is 2. The third-order valence-electron chi connectivity index (χ3n) is 6.03. The Morgan fingerprint density at radius 2 is 1.93 bits per heavy atom. The molecule has 2 fully saturated rings. The smallest absolute Gasteiger partial charge is 0.328 e. The minimum atomic E-state index is -1.47. The molecule has 5 rings (SSSR count). The van der Waals surface area contributed by atoms with E-state index in [1.807, 2.05) is 32.0 Å². The summed E-state index contributed by atoms with van der Waals surface area (Å²) in [5, 5.41) is 4.57. The first-order valence-electron chi connectivity index (χ1n) is 9.51. The average molecular weight is 396 g/mol. The third-order valence-corrected chi connectivity index (χ3v) is 6.03. The summed E-state index contributed by atoms with van der Waals surface area (Å²) in [5.74, 6) is -0.593. The number of carbonyl (C=O) groups is 3. The Hall–Kier alpha value is -3.20. The largest absolute Gasteiger partial charge is 0.444 e. The minimum Gasteiger partial charge on any atom is -0.444 e. The van der Waals surface area contributed by atoms with Gasteiger partial charge in [-0.3, -0.25) is 20.2 Å². The molecule has 3 atom stereocenters. The summed E-state index contributed by atoms with van der Waals surface area (Å²) >= 11 is 0. The minimum absolute atomic E-state index is 0.0745. The molecule has 0 unspecified atom stereocenters. The highest BCUT2D eigenvalue weighted by molar-refractivity contribution is 6.20. The van der Waals surface area contributed by atoms with Crippen LogP contribution >= 0.6 is 0 Å². The highest BCUT2D eigenvalue weighted by Crippen LogP contribution is 2.47. The van der Waals surface area contributed by atoms with Gasteiger partial charge in [0, 0.05) is 17.8 Å². The van der Waals surface area contributed by atoms with Crippen LogP contribution in [-0.2, 0) is 20.7 Å². The highest BCUT2D eigenvalue weighted by Gasteiger charge is 2.62. The summed E-state index contributed by atoms with van der Waals surface area (Å²) in [6.45, 7) is 4.35. The third kappa shape index (κ3) is 2.50. The number of oxazole rings is 1. The van der Waals surface area contributed by atoms with Crippen LogP contribution in [0.2, 0.25) is 0 Å². The monoisotopic (exact) mass is 396 g/mol. The quantitative estimate of drug-likeness (QED) is 0.697. The van der Waals surface area contributed by atoms with Gasteiger partial charge in [-0.1, -0.05) is 0 Å². The number of amides is 4. The van der Waals surface area contributed by atoms with Crippen molar-refractivity contribution in [3.8, 4) is 11.3 Å². The first kappa shape index (κ1) is 17.9. The van der Waals surface area contributed by atoms with Gasteiger partial charge < -0.3 is 14.1 Å². The SMILES string of the molecule is C[C@H]1CN2c3ccc(-c4cnco4)cc3CC3(C(=O)NC(=O)NC3=O)[C@@H]2[C@@H](C)O1. The zero-order valence-corrected chi connectivity index (χ0v) is 16.0. The van der Waals surface area contributed by atoms with Crippen molar-refractivity contribution >= 4 is 23.5 Å². The van der Waals surface area contributed by atoms with Gasteiger partial charge in [-0.2, -0.15) is 0 Å². The molecule has 3 aliphatic rings. The van der Waals surface area contributed by atoms with Crippen LogP contribution in [0.1, 0.15) is 19.4 Å². The first-order chi connectivity index (χ1) is 13.9. The zero-order valence-electron chi connectivity index (χ0n) is 16.0. The lowest BCUT2D eigenvalue weighted by Gasteiger charge is -2.55. The normalized spacial score (nSPS) is 27.9. The molecule has 2 aromatic rings. The molecule has 1 aromatic heterocycles. The van der Waals surface area contributed by atoms with Crippen molar-refractivity contribution in [2.24, 2.45) is 5.41 Å². The lowest BCUT2D eigenvalue weighted by Crippen LogP contribution is -2.75. The van der Waals surface area contributed by atoms with Gasteiger partial charge >= 0.3 is 6.03 Å². The van der Waals surface area contributed by atoms with Gasteiger partial charge in [-0.25, -0.2) is 9.78 Å². The molecule has 1 spiro atoms. The highest BCUT2D eigenvalue weighted by atomic mass is 16.5. The second-order valence-corrected chi connectivity index (χ2v) is 7.84. The fourth-order valence-electron chi connectivity index (χ4n) is 4.96. The van der Waals surface area contributed by atoms with Crippen molar-refractivity contribution in [3.63, 3.8) is 0 Å². The number of nitrogens with zero attached hydrogens (tertiary/aromatic N) is 2. The van der Waals surface area contributed by atoms with E-state index in [1.54, 1.807) is 6.20 Å². The van der Waals surface area contributed by atoms with E-state index >= 15 is 0 Å². The summed E-state index contributed by atoms with van der Waals surface area (Å²) in [4.78, 5) is 43.9. The van der Waals surface area contributed by atoms with Gasteiger partial charge in [0.25, 0.3) is 0 Å². The number of carbonyl (C=O) groups excluding carboxylic acids is 3. The van der Waals surface area contributed by atoms with Crippen molar-refractivity contribution < 1.29 is 23.5 Å². The molecule has 1 aromatic carbocycles. The Bertz CT molecular complexity index is 998. The van der Waals surface area contributed by atoms with Gasteiger partial charge in [-0.15, -0.1) is 0 Å². The second-order valence-electron chi connectivity index (χ2n) is 7.84. The molecule has 0 radical (unpaired) electrons. The molecular formula is C20H20N4O5. The van der Waals surface area contributed by atoms with E-state index < -0.39 is 29.3 Å². The first-order valence-corrected chi connectivity index (χ1v) is 9.51. The summed E-state index contributed by atoms with van der Waals surface area (Å²) < 4.78 is 11.4. The standard InChI is InChI=1S/C20H20N4O5/c1-10-8-24-14-4-3-12(15-7-21-9-28-15)5-13(14)6-20(16(24)11(2)29-10)17(25)22-19(27)23-18(20)26/h3-5,7,9-11,16H,6,8H2,1-2H3,(H2,22,23,25,26,27)/t10-,11+,16-/m0/s1. The van der Waals surface area contributed by atoms with Crippen molar-refractivity contribution in [2.45, 2.75) is 38.5 Å². The number of rotatable bonds is 1. The van der Waals surface area contributed by atoms with Crippen LogP contribution in [0.5, 0.6) is 0 Å². The van der Waals surface area contributed by atoms with Crippen molar-refractivity contribution in [1.82, 2.24) is 15.6 Å². The van der Waals surface area contributed by atoms with Crippen molar-refractivity contribution in [3.05, 3.63) is 36.4 Å². The molecular weight excluding hydrogens is 376 g/mol. The van der Waals surface area contributed by atoms with Crippen LogP contribution in [-0.4, -0.2) is 47.6 Å². The van der Waals surface area contributed by atoms with Gasteiger partial charge in [-0.05, 0) is 44.0 Å². The number of benzene rings is 1. The molecule has 9 nitrogen and oxygen atoms in total. The van der Waals surface area contributed by atoms with E-state index in [-0.39, 0.29) is 18.6 Å². The number of barbiturate groups is 1. The number of imide groups is 2. The summed E-state index contributed by atoms with van der Waals surface area (Å²) in [7, 11) is 0. The molecule has 9 heteroatoms. The number of morpholine rings is 1. The Kier molecular flexibility index (Phi) is 3.79. The fourth-order valence-corrected chi connectivity index (χ4v) is 4.96. The maximum atomic E-state index is 13.1. The summed E-state index contributed by atoms with van der Waals surface area (Å²) in [6, 6.07) is 4.49. The molecule has 4 heterocycles. The predicted octanol–water partition coefficient (Wildman–Crippen LogP) is 1.23. The van der Waals surface area contributed by atoms with Crippen molar-refractivity contribution in [2.75, 3.05) is 11.4 Å². The maximum absolute atomic E-state index is 13.1. The van der Waals surface area contributed by atoms with E-state index in [4.69, 9.17) is 9.15 Å². The van der Waals surface area contributed by atoms with Crippen LogP contribution in [0.3, 0.4) is 0 Å². The van der Waals surface area contributed by atoms with Crippen LogP contribution in [0, 0.1) is 5.41 Å². The number of anilines is 1. The van der Waals surface area contributed by atoms with Crippen LogP contribution in [0.25, 0.3) is 11.3 Å². The lowest BCUT2D eigenvalue weighted by atomic mass is 9.66. The number of hydrogen-bond acceptors (Lipinski definition) is 7. The topological polar surface area (TPSA) is 114 Å². The molecule has 2 saturated heterocycles. The van der Waals surface area contributed by atoms with Gasteiger partial charge in [0.05, 0.1) is 24.4 Å². The van der Waals surface area contributed by atoms with Gasteiger partial charge in [0.2, 0.25) is 11.8 Å². The number of aromatic nitrogens is 1. The summed E-state index contributed by atoms with van der Waals surface area (Å²) in [5.41, 5.74) is 1.11. The van der Waals surface area contributed by atoms with E-state index in [9.17, 15) is 14.4 Å². The Morgan fingerprint density at radius 1 is 1.17 bits per heavy atom. The van der Waals surface area contributed by atoms with Gasteiger partial charge in [0.1, 0.15) is 0 Å². The summed E-state index contributed by atoms with van der Waals surface area (Å²) in [6.07, 6.45) is 2.66. The molecule has 0 aliphatic carbocycles. The van der Waals surface area contributed by atoms with Crippen LogP contribution in [0.4, 0.5) is 10.5 Å². The molecule has 0 bridgehead atoms. The Balaban J connectivity index is 1.69. The molecule has 2 N–H and O–H groups in total. The lowest BCUT2D eigenvalue weighted by molar-refractivity contribution is -0.153. The molecule has 3 aliphatic heterocycles. The number of ether oxygens (including phenoxy) is 1. The number of hydrogen-bond donors (Lipinski definition) is 2. The van der Waals surface area contributed by atoms with E-state index in [0.29, 0.717) is 12.3 Å². The maximum Gasteiger partial charge on any atom is 0.328 e. The van der Waals surface area contributed by atoms with Crippen LogP contribution in [0.15, 0.2) is 35.2 Å². The predicted molar refractivity (Wildman–Crippen MR) is 101 cm³/mol. The number of urea groups is 1. The van der Waals surface area contributed by atoms with Gasteiger partial charge in [0.15, 0.2) is 17.6 Å². The number of fused-ring (bicyclic) bond motifs is 4. The molecule has 4 amide bonds. The van der Waals surface area contributed by atoms with E-state index in [1.165, 1.54) is 6.39 Å². The Labute approximate surface area is 166 Å². The fraction of sp³-hybridized carbons (Fsp3) is 0.400. The molecule has 29 heavy (non-hydrogen) atoms. The average Bonchev–Trinajstić information content (AvgIpc) is 3.20. The van der Waals surface area contributed by atoms with Crippen LogP contribution < -0.4 is 15.5 Å². The van der Waals surface area contributed by atoms with Crippen molar-refractivity contribution in [1.29, 1.82) is 0 Å². The second kappa shape index (κ2) is 6.15. The zero-order chi connectivity index (χ0) is 20.3. The molecule has 0 saturated carbocycles.